The maximum atomic E-state index is 11.1. The van der Waals surface area contributed by atoms with Gasteiger partial charge in [-0.15, -0.1) is 11.3 Å². The highest BCUT2D eigenvalue weighted by Crippen LogP contribution is 2.34. The summed E-state index contributed by atoms with van der Waals surface area (Å²) in [6.45, 7) is 8.05. The SMILES string of the molecule is CC(C(=O)O)c1cccc2sc(C(C)(C)C)nc12. The highest BCUT2D eigenvalue weighted by molar-refractivity contribution is 7.18. The maximum Gasteiger partial charge on any atom is 0.310 e. The Morgan fingerprint density at radius 1 is 1.39 bits per heavy atom. The first-order valence-corrected chi connectivity index (χ1v) is 6.75. The lowest BCUT2D eigenvalue weighted by molar-refractivity contribution is -0.138. The Kier molecular flexibility index (Phi) is 3.15. The normalized spacial score (nSPS) is 13.8. The lowest BCUT2D eigenvalue weighted by Crippen LogP contribution is -2.11. The molecule has 1 aromatic heterocycles. The number of fused-ring (bicyclic) bond motifs is 1. The van der Waals surface area contributed by atoms with Crippen LogP contribution in [0.4, 0.5) is 0 Å². The summed E-state index contributed by atoms with van der Waals surface area (Å²) in [6, 6.07) is 5.76. The molecule has 0 saturated carbocycles. The standard InChI is InChI=1S/C14H17NO2S/c1-8(12(16)17)9-6-5-7-10-11(9)15-13(18-10)14(2,3)4/h5-8H,1-4H3,(H,16,17). The Labute approximate surface area is 110 Å². The van der Waals surface area contributed by atoms with E-state index in [-0.39, 0.29) is 5.41 Å². The van der Waals surface area contributed by atoms with Gasteiger partial charge in [-0.05, 0) is 18.6 Å². The molecular formula is C14H17NO2S. The van der Waals surface area contributed by atoms with Gasteiger partial charge in [0.1, 0.15) is 0 Å². The summed E-state index contributed by atoms with van der Waals surface area (Å²) < 4.78 is 1.06. The second-order valence-corrected chi connectivity index (χ2v) is 6.55. The number of rotatable bonds is 2. The van der Waals surface area contributed by atoms with E-state index in [1.54, 1.807) is 18.3 Å². The molecule has 1 unspecified atom stereocenters. The van der Waals surface area contributed by atoms with E-state index in [1.165, 1.54) is 0 Å². The fraction of sp³-hybridized carbons (Fsp3) is 0.429. The Morgan fingerprint density at radius 2 is 2.06 bits per heavy atom. The van der Waals surface area contributed by atoms with Crippen molar-refractivity contribution in [3.8, 4) is 0 Å². The van der Waals surface area contributed by atoms with Gasteiger partial charge in [0.2, 0.25) is 0 Å². The van der Waals surface area contributed by atoms with E-state index >= 15 is 0 Å². The molecule has 0 amide bonds. The lowest BCUT2D eigenvalue weighted by Gasteiger charge is -2.13. The number of aromatic nitrogens is 1. The van der Waals surface area contributed by atoms with Gasteiger partial charge in [0.25, 0.3) is 0 Å². The fourth-order valence-corrected chi connectivity index (χ4v) is 2.83. The van der Waals surface area contributed by atoms with Crippen molar-refractivity contribution < 1.29 is 9.90 Å². The molecule has 0 bridgehead atoms. The number of aliphatic carboxylic acids is 1. The summed E-state index contributed by atoms with van der Waals surface area (Å²) in [5, 5.41) is 10.2. The molecule has 0 radical (unpaired) electrons. The van der Waals surface area contributed by atoms with E-state index < -0.39 is 11.9 Å². The van der Waals surface area contributed by atoms with Crippen LogP contribution in [-0.2, 0) is 10.2 Å². The molecule has 0 saturated heterocycles. The van der Waals surface area contributed by atoms with Crippen molar-refractivity contribution in [2.75, 3.05) is 0 Å². The fourth-order valence-electron chi connectivity index (χ4n) is 1.77. The zero-order chi connectivity index (χ0) is 13.5. The second kappa shape index (κ2) is 4.35. The monoisotopic (exact) mass is 263 g/mol. The molecular weight excluding hydrogens is 246 g/mol. The molecule has 3 nitrogen and oxygen atoms in total. The summed E-state index contributed by atoms with van der Waals surface area (Å²) in [5.74, 6) is -1.34. The summed E-state index contributed by atoms with van der Waals surface area (Å²) in [6.07, 6.45) is 0. The molecule has 96 valence electrons. The highest BCUT2D eigenvalue weighted by atomic mass is 32.1. The number of carbonyl (C=O) groups is 1. The van der Waals surface area contributed by atoms with Crippen molar-refractivity contribution in [1.29, 1.82) is 0 Å². The van der Waals surface area contributed by atoms with Crippen LogP contribution in [0.25, 0.3) is 10.2 Å². The minimum Gasteiger partial charge on any atom is -0.481 e. The molecule has 0 aliphatic carbocycles. The Hall–Kier alpha value is -1.42. The first kappa shape index (κ1) is 13.0. The van der Waals surface area contributed by atoms with Crippen molar-refractivity contribution >= 4 is 27.5 Å². The van der Waals surface area contributed by atoms with E-state index in [4.69, 9.17) is 5.11 Å². The van der Waals surface area contributed by atoms with Crippen LogP contribution in [0, 0.1) is 0 Å². The van der Waals surface area contributed by atoms with Crippen LogP contribution in [-0.4, -0.2) is 16.1 Å². The molecule has 0 spiro atoms. The van der Waals surface area contributed by atoms with Crippen LogP contribution in [0.5, 0.6) is 0 Å². The number of para-hydroxylation sites is 1. The molecule has 0 fully saturated rings. The number of thiazole rings is 1. The van der Waals surface area contributed by atoms with Gasteiger partial charge in [-0.2, -0.15) is 0 Å². The lowest BCUT2D eigenvalue weighted by atomic mass is 9.97. The number of benzene rings is 1. The summed E-state index contributed by atoms with van der Waals surface area (Å²) in [5.41, 5.74) is 1.63. The molecule has 0 aliphatic heterocycles. The van der Waals surface area contributed by atoms with E-state index in [9.17, 15) is 4.79 Å². The van der Waals surface area contributed by atoms with E-state index in [0.717, 1.165) is 20.8 Å². The molecule has 1 heterocycles. The van der Waals surface area contributed by atoms with E-state index in [2.05, 4.69) is 25.8 Å². The Bertz CT molecular complexity index is 595. The number of carboxylic acid groups (broad SMARTS) is 1. The van der Waals surface area contributed by atoms with Crippen molar-refractivity contribution in [2.45, 2.75) is 39.0 Å². The minimum atomic E-state index is -0.812. The topological polar surface area (TPSA) is 50.2 Å². The summed E-state index contributed by atoms with van der Waals surface area (Å²) in [4.78, 5) is 15.8. The van der Waals surface area contributed by atoms with Crippen molar-refractivity contribution in [1.82, 2.24) is 4.98 Å². The Balaban J connectivity index is 2.63. The van der Waals surface area contributed by atoms with Gasteiger partial charge in [-0.25, -0.2) is 4.98 Å². The molecule has 18 heavy (non-hydrogen) atoms. The number of nitrogens with zero attached hydrogens (tertiary/aromatic N) is 1. The third kappa shape index (κ3) is 2.25. The number of hydrogen-bond acceptors (Lipinski definition) is 3. The Morgan fingerprint density at radius 3 is 2.61 bits per heavy atom. The predicted molar refractivity (Wildman–Crippen MR) is 74.4 cm³/mol. The first-order valence-electron chi connectivity index (χ1n) is 5.93. The van der Waals surface area contributed by atoms with E-state index in [1.807, 2.05) is 18.2 Å². The highest BCUT2D eigenvalue weighted by Gasteiger charge is 2.22. The quantitative estimate of drug-likeness (QED) is 0.897. The molecule has 1 aromatic carbocycles. The predicted octanol–water partition coefficient (Wildman–Crippen LogP) is 3.78. The van der Waals surface area contributed by atoms with Crippen molar-refractivity contribution in [3.63, 3.8) is 0 Å². The molecule has 1 N–H and O–H groups in total. The van der Waals surface area contributed by atoms with Crippen LogP contribution in [0.15, 0.2) is 18.2 Å². The maximum absolute atomic E-state index is 11.1. The van der Waals surface area contributed by atoms with Crippen LogP contribution in [0.3, 0.4) is 0 Å². The zero-order valence-electron chi connectivity index (χ0n) is 11.0. The van der Waals surface area contributed by atoms with Crippen LogP contribution >= 0.6 is 11.3 Å². The largest absolute Gasteiger partial charge is 0.481 e. The van der Waals surface area contributed by atoms with Gasteiger partial charge >= 0.3 is 5.97 Å². The van der Waals surface area contributed by atoms with Gasteiger partial charge in [0.15, 0.2) is 0 Å². The average molecular weight is 263 g/mol. The first-order chi connectivity index (χ1) is 8.30. The summed E-state index contributed by atoms with van der Waals surface area (Å²) in [7, 11) is 0. The van der Waals surface area contributed by atoms with Gasteiger partial charge in [-0.1, -0.05) is 32.9 Å². The summed E-state index contributed by atoms with van der Waals surface area (Å²) >= 11 is 1.64. The average Bonchev–Trinajstić information content (AvgIpc) is 2.70. The van der Waals surface area contributed by atoms with Gasteiger partial charge in [-0.3, -0.25) is 4.79 Å². The van der Waals surface area contributed by atoms with Gasteiger partial charge in [0.05, 0.1) is 21.1 Å². The third-order valence-corrected chi connectivity index (χ3v) is 4.38. The minimum absolute atomic E-state index is 0.00653. The zero-order valence-corrected chi connectivity index (χ0v) is 11.8. The van der Waals surface area contributed by atoms with Crippen LogP contribution < -0.4 is 0 Å². The molecule has 0 aliphatic rings. The second-order valence-electron chi connectivity index (χ2n) is 5.52. The molecule has 1 atom stereocenters. The van der Waals surface area contributed by atoms with E-state index in [0.29, 0.717) is 0 Å². The molecule has 2 rings (SSSR count). The van der Waals surface area contributed by atoms with Crippen molar-refractivity contribution in [2.24, 2.45) is 0 Å². The van der Waals surface area contributed by atoms with Crippen molar-refractivity contribution in [3.05, 3.63) is 28.8 Å². The molecule has 2 aromatic rings. The van der Waals surface area contributed by atoms with Crippen LogP contribution in [0.2, 0.25) is 0 Å². The molecule has 4 heteroatoms. The third-order valence-electron chi connectivity index (χ3n) is 2.93. The smallest absolute Gasteiger partial charge is 0.310 e. The number of hydrogen-bond donors (Lipinski definition) is 1. The van der Waals surface area contributed by atoms with Gasteiger partial charge < -0.3 is 5.11 Å². The van der Waals surface area contributed by atoms with Gasteiger partial charge in [0, 0.05) is 5.41 Å². The number of carboxylic acids is 1. The van der Waals surface area contributed by atoms with Crippen LogP contribution in [0.1, 0.15) is 44.2 Å².